The summed E-state index contributed by atoms with van der Waals surface area (Å²) in [5.41, 5.74) is -2.26. The second-order valence-electron chi connectivity index (χ2n) is 6.02. The maximum Gasteiger partial charge on any atom is 0.163 e. The van der Waals surface area contributed by atoms with Crippen molar-refractivity contribution >= 4 is 0 Å². The summed E-state index contributed by atoms with van der Waals surface area (Å²) >= 11 is 0. The molecule has 0 amide bonds. The normalized spacial score (nSPS) is 14.8. The molecule has 1 N–H and O–H groups in total. The molecule has 0 saturated heterocycles. The molecule has 2 atom stereocenters. The van der Waals surface area contributed by atoms with Gasteiger partial charge in [-0.3, -0.25) is 0 Å². The lowest BCUT2D eigenvalue weighted by atomic mass is 9.79. The molecule has 0 radical (unpaired) electrons. The molecule has 136 valence electrons. The summed E-state index contributed by atoms with van der Waals surface area (Å²) in [5.74, 6) is -3.02. The van der Waals surface area contributed by atoms with Crippen LogP contribution in [-0.2, 0) is 12.1 Å². The summed E-state index contributed by atoms with van der Waals surface area (Å²) in [6.45, 7) is 2.92. The summed E-state index contributed by atoms with van der Waals surface area (Å²) in [6, 6.07) is 2.82. The van der Waals surface area contributed by atoms with Crippen LogP contribution in [0.2, 0.25) is 0 Å². The number of aryl methyl sites for hydroxylation is 1. The first-order valence-corrected chi connectivity index (χ1v) is 7.80. The van der Waals surface area contributed by atoms with E-state index in [-0.39, 0.29) is 17.8 Å². The highest BCUT2D eigenvalue weighted by Gasteiger charge is 2.41. The van der Waals surface area contributed by atoms with Crippen molar-refractivity contribution in [3.05, 3.63) is 71.6 Å². The Morgan fingerprint density at radius 2 is 1.96 bits per heavy atom. The molecule has 9 heteroatoms. The Morgan fingerprint density at radius 3 is 2.58 bits per heavy atom. The Labute approximate surface area is 147 Å². The molecule has 0 unspecified atom stereocenters. The monoisotopic (exact) mass is 363 g/mol. The Morgan fingerprint density at radius 1 is 1.19 bits per heavy atom. The van der Waals surface area contributed by atoms with E-state index in [1.165, 1.54) is 17.9 Å². The van der Waals surface area contributed by atoms with Crippen molar-refractivity contribution in [2.45, 2.75) is 31.9 Å². The number of hydrogen-bond acceptors (Lipinski definition) is 5. The minimum atomic E-state index is -1.97. The van der Waals surface area contributed by atoms with Crippen LogP contribution in [0.4, 0.5) is 13.2 Å². The lowest BCUT2D eigenvalue weighted by Gasteiger charge is -2.34. The SMILES string of the molecule is Cc1ncn(C[C@@](O)(c2ccc(F)cc2F)[C@H](C)c2ncncc2F)n1. The minimum Gasteiger partial charge on any atom is -0.382 e. The molecule has 2 heterocycles. The van der Waals surface area contributed by atoms with Crippen LogP contribution in [0.25, 0.3) is 0 Å². The number of halogens is 3. The van der Waals surface area contributed by atoms with E-state index in [4.69, 9.17) is 0 Å². The topological polar surface area (TPSA) is 76.7 Å². The molecule has 0 aliphatic rings. The smallest absolute Gasteiger partial charge is 0.163 e. The number of benzene rings is 1. The zero-order chi connectivity index (χ0) is 18.9. The van der Waals surface area contributed by atoms with Crippen molar-refractivity contribution in [3.63, 3.8) is 0 Å². The van der Waals surface area contributed by atoms with Gasteiger partial charge in [0.15, 0.2) is 5.82 Å². The summed E-state index contributed by atoms with van der Waals surface area (Å²) in [4.78, 5) is 11.4. The fraction of sp³-hybridized carbons (Fsp3) is 0.294. The largest absolute Gasteiger partial charge is 0.382 e. The summed E-state index contributed by atoms with van der Waals surface area (Å²) in [7, 11) is 0. The van der Waals surface area contributed by atoms with E-state index >= 15 is 0 Å². The Hall–Kier alpha value is -2.81. The van der Waals surface area contributed by atoms with E-state index in [0.29, 0.717) is 11.9 Å². The third kappa shape index (κ3) is 3.30. The number of aromatic nitrogens is 5. The zero-order valence-electron chi connectivity index (χ0n) is 14.1. The van der Waals surface area contributed by atoms with Gasteiger partial charge in [-0.25, -0.2) is 32.8 Å². The van der Waals surface area contributed by atoms with Crippen LogP contribution in [0.15, 0.2) is 37.1 Å². The van der Waals surface area contributed by atoms with Gasteiger partial charge in [0.05, 0.1) is 18.4 Å². The molecule has 0 saturated carbocycles. The molecule has 0 aliphatic carbocycles. The van der Waals surface area contributed by atoms with Gasteiger partial charge < -0.3 is 5.11 Å². The van der Waals surface area contributed by atoms with Gasteiger partial charge in [0, 0.05) is 17.5 Å². The predicted molar refractivity (Wildman–Crippen MR) is 85.4 cm³/mol. The quantitative estimate of drug-likeness (QED) is 0.754. The van der Waals surface area contributed by atoms with Crippen molar-refractivity contribution in [1.82, 2.24) is 24.7 Å². The van der Waals surface area contributed by atoms with Gasteiger partial charge >= 0.3 is 0 Å². The molecule has 1 aromatic carbocycles. The van der Waals surface area contributed by atoms with Gasteiger partial charge in [0.2, 0.25) is 0 Å². The van der Waals surface area contributed by atoms with Crippen LogP contribution >= 0.6 is 0 Å². The Kier molecular flexibility index (Phi) is 4.73. The number of aliphatic hydroxyl groups is 1. The molecule has 26 heavy (non-hydrogen) atoms. The Bertz CT molecular complexity index is 932. The summed E-state index contributed by atoms with van der Waals surface area (Å²) < 4.78 is 43.3. The lowest BCUT2D eigenvalue weighted by molar-refractivity contribution is -0.0134. The standard InChI is InChI=1S/C17H16F3N5O/c1-10(16-15(20)6-21-8-22-16)17(26,7-25-9-23-11(2)24-25)13-4-3-12(18)5-14(13)19/h3-6,8-10,26H,7H2,1-2H3/t10-,17+/m1/s1. The van der Waals surface area contributed by atoms with Crippen LogP contribution in [0, 0.1) is 24.4 Å². The van der Waals surface area contributed by atoms with Crippen LogP contribution in [-0.4, -0.2) is 29.8 Å². The third-order valence-electron chi connectivity index (χ3n) is 4.27. The fourth-order valence-corrected chi connectivity index (χ4v) is 2.87. The molecule has 0 bridgehead atoms. The fourth-order valence-electron chi connectivity index (χ4n) is 2.87. The van der Waals surface area contributed by atoms with Gasteiger partial charge in [-0.1, -0.05) is 13.0 Å². The van der Waals surface area contributed by atoms with E-state index in [0.717, 1.165) is 24.7 Å². The first-order chi connectivity index (χ1) is 12.3. The van der Waals surface area contributed by atoms with Gasteiger partial charge in [0.25, 0.3) is 0 Å². The van der Waals surface area contributed by atoms with E-state index in [9.17, 15) is 18.3 Å². The maximum absolute atomic E-state index is 14.5. The number of rotatable bonds is 5. The average Bonchev–Trinajstić information content (AvgIpc) is 2.99. The molecule has 2 aromatic heterocycles. The lowest BCUT2D eigenvalue weighted by Crippen LogP contribution is -2.39. The van der Waals surface area contributed by atoms with Crippen molar-refractivity contribution < 1.29 is 18.3 Å². The van der Waals surface area contributed by atoms with Crippen LogP contribution < -0.4 is 0 Å². The molecule has 3 rings (SSSR count). The van der Waals surface area contributed by atoms with Gasteiger partial charge in [-0.15, -0.1) is 0 Å². The summed E-state index contributed by atoms with van der Waals surface area (Å²) in [5, 5.41) is 15.5. The second kappa shape index (κ2) is 6.83. The highest BCUT2D eigenvalue weighted by Crippen LogP contribution is 2.39. The van der Waals surface area contributed by atoms with E-state index in [1.807, 2.05) is 0 Å². The first-order valence-electron chi connectivity index (χ1n) is 7.80. The van der Waals surface area contributed by atoms with Crippen molar-refractivity contribution in [1.29, 1.82) is 0 Å². The number of nitrogens with zero attached hydrogens (tertiary/aromatic N) is 5. The van der Waals surface area contributed by atoms with Gasteiger partial charge in [0.1, 0.15) is 35.7 Å². The van der Waals surface area contributed by atoms with E-state index < -0.39 is 29.0 Å². The molecular formula is C17H16F3N5O. The van der Waals surface area contributed by atoms with Crippen LogP contribution in [0.5, 0.6) is 0 Å². The molecule has 0 aliphatic heterocycles. The summed E-state index contributed by atoms with van der Waals surface area (Å²) in [6.07, 6.45) is 3.46. The van der Waals surface area contributed by atoms with E-state index in [2.05, 4.69) is 20.1 Å². The molecule has 6 nitrogen and oxygen atoms in total. The predicted octanol–water partition coefficient (Wildman–Crippen LogP) is 2.49. The Balaban J connectivity index is 2.13. The van der Waals surface area contributed by atoms with Crippen molar-refractivity contribution in [2.75, 3.05) is 0 Å². The maximum atomic E-state index is 14.5. The third-order valence-corrected chi connectivity index (χ3v) is 4.27. The highest BCUT2D eigenvalue weighted by molar-refractivity contribution is 5.30. The minimum absolute atomic E-state index is 0.0944. The van der Waals surface area contributed by atoms with Crippen molar-refractivity contribution in [3.8, 4) is 0 Å². The van der Waals surface area contributed by atoms with Crippen LogP contribution in [0.3, 0.4) is 0 Å². The second-order valence-corrected chi connectivity index (χ2v) is 6.02. The molecule has 0 spiro atoms. The molecule has 0 fully saturated rings. The number of hydrogen-bond donors (Lipinski definition) is 1. The average molecular weight is 363 g/mol. The van der Waals surface area contributed by atoms with E-state index in [1.54, 1.807) is 6.92 Å². The zero-order valence-corrected chi connectivity index (χ0v) is 14.1. The van der Waals surface area contributed by atoms with Crippen LogP contribution in [0.1, 0.15) is 29.9 Å². The van der Waals surface area contributed by atoms with Gasteiger partial charge in [-0.05, 0) is 13.0 Å². The first kappa shape index (κ1) is 18.0. The van der Waals surface area contributed by atoms with Crippen molar-refractivity contribution in [2.24, 2.45) is 0 Å². The molecular weight excluding hydrogens is 347 g/mol. The molecule has 3 aromatic rings. The highest BCUT2D eigenvalue weighted by atomic mass is 19.1. The van der Waals surface area contributed by atoms with Gasteiger partial charge in [-0.2, -0.15) is 5.10 Å².